The lowest BCUT2D eigenvalue weighted by Gasteiger charge is -2.34. The Morgan fingerprint density at radius 3 is 2.67 bits per heavy atom. The van der Waals surface area contributed by atoms with E-state index in [4.69, 9.17) is 4.74 Å². The van der Waals surface area contributed by atoms with Crippen molar-refractivity contribution in [2.24, 2.45) is 0 Å². The third kappa shape index (κ3) is 3.39. The van der Waals surface area contributed by atoms with E-state index >= 15 is 0 Å². The third-order valence-corrected chi connectivity index (χ3v) is 4.43. The fourth-order valence-corrected chi connectivity index (χ4v) is 3.46. The second-order valence-electron chi connectivity index (χ2n) is 5.41. The first kappa shape index (κ1) is 14.4. The summed E-state index contributed by atoms with van der Waals surface area (Å²) in [7, 11) is 0. The molecule has 0 amide bonds. The summed E-state index contributed by atoms with van der Waals surface area (Å²) in [5.74, 6) is -0.192. The van der Waals surface area contributed by atoms with Gasteiger partial charge in [-0.3, -0.25) is 0 Å². The molecule has 0 aliphatic carbocycles. The van der Waals surface area contributed by atoms with E-state index < -0.39 is 0 Å². The molecule has 1 aliphatic heterocycles. The van der Waals surface area contributed by atoms with Crippen molar-refractivity contribution < 1.29 is 9.13 Å². The standard InChI is InChI=1S/C15H18FN3OS/c1-10-8-19(9-11(2)20-10)15-18-17-14(21-15)7-12-5-3-4-6-13(12)16/h3-6,10-11H,7-9H2,1-2H3/t10-,11+. The van der Waals surface area contributed by atoms with Crippen LogP contribution in [0.15, 0.2) is 24.3 Å². The molecule has 0 bridgehead atoms. The minimum absolute atomic E-state index is 0.188. The average molecular weight is 307 g/mol. The summed E-state index contributed by atoms with van der Waals surface area (Å²) in [6, 6.07) is 6.80. The van der Waals surface area contributed by atoms with Crippen LogP contribution in [0.2, 0.25) is 0 Å². The molecule has 3 rings (SSSR count). The quantitative estimate of drug-likeness (QED) is 0.874. The number of halogens is 1. The summed E-state index contributed by atoms with van der Waals surface area (Å²) < 4.78 is 19.4. The molecule has 0 saturated carbocycles. The molecule has 1 aromatic carbocycles. The Labute approximate surface area is 127 Å². The van der Waals surface area contributed by atoms with Gasteiger partial charge in [0.05, 0.1) is 12.2 Å². The molecule has 2 aromatic rings. The van der Waals surface area contributed by atoms with Gasteiger partial charge in [-0.25, -0.2) is 4.39 Å². The second kappa shape index (κ2) is 6.07. The predicted octanol–water partition coefficient (Wildman–Crippen LogP) is 2.88. The zero-order valence-corrected chi connectivity index (χ0v) is 12.9. The van der Waals surface area contributed by atoms with Gasteiger partial charge >= 0.3 is 0 Å². The lowest BCUT2D eigenvalue weighted by Crippen LogP contribution is -2.45. The van der Waals surface area contributed by atoms with E-state index in [9.17, 15) is 4.39 Å². The highest BCUT2D eigenvalue weighted by Gasteiger charge is 2.24. The highest BCUT2D eigenvalue weighted by atomic mass is 32.1. The molecule has 6 heteroatoms. The Bertz CT molecular complexity index is 608. The predicted molar refractivity (Wildman–Crippen MR) is 81.3 cm³/mol. The van der Waals surface area contributed by atoms with Crippen LogP contribution < -0.4 is 4.90 Å². The number of aromatic nitrogens is 2. The first-order valence-corrected chi connectivity index (χ1v) is 7.89. The smallest absolute Gasteiger partial charge is 0.208 e. The van der Waals surface area contributed by atoms with Crippen LogP contribution in [0.4, 0.5) is 9.52 Å². The fourth-order valence-electron chi connectivity index (χ4n) is 2.58. The van der Waals surface area contributed by atoms with Crippen molar-refractivity contribution in [1.29, 1.82) is 0 Å². The average Bonchev–Trinajstić information content (AvgIpc) is 2.89. The molecule has 112 valence electrons. The zero-order valence-electron chi connectivity index (χ0n) is 12.1. The highest BCUT2D eigenvalue weighted by molar-refractivity contribution is 7.15. The monoisotopic (exact) mass is 307 g/mol. The maximum absolute atomic E-state index is 13.7. The Balaban J connectivity index is 1.73. The molecule has 0 unspecified atom stereocenters. The van der Waals surface area contributed by atoms with Gasteiger partial charge in [0.2, 0.25) is 5.13 Å². The molecular weight excluding hydrogens is 289 g/mol. The summed E-state index contributed by atoms with van der Waals surface area (Å²) in [6.07, 6.45) is 0.861. The minimum Gasteiger partial charge on any atom is -0.372 e. The molecule has 0 spiro atoms. The Morgan fingerprint density at radius 2 is 1.95 bits per heavy atom. The third-order valence-electron chi connectivity index (χ3n) is 3.45. The van der Waals surface area contributed by atoms with Crippen LogP contribution in [-0.4, -0.2) is 35.5 Å². The van der Waals surface area contributed by atoms with Gasteiger partial charge in [0.15, 0.2) is 0 Å². The van der Waals surface area contributed by atoms with Crippen LogP contribution in [0, 0.1) is 5.82 Å². The Hall–Kier alpha value is -1.53. The summed E-state index contributed by atoms with van der Waals surface area (Å²) in [5.41, 5.74) is 0.656. The summed E-state index contributed by atoms with van der Waals surface area (Å²) in [6.45, 7) is 5.76. The molecule has 4 nitrogen and oxygen atoms in total. The van der Waals surface area contributed by atoms with Crippen molar-refractivity contribution in [3.05, 3.63) is 40.7 Å². The van der Waals surface area contributed by atoms with Crippen molar-refractivity contribution in [1.82, 2.24) is 10.2 Å². The second-order valence-corrected chi connectivity index (χ2v) is 6.45. The van der Waals surface area contributed by atoms with Crippen molar-refractivity contribution in [3.8, 4) is 0 Å². The number of hydrogen-bond acceptors (Lipinski definition) is 5. The van der Waals surface area contributed by atoms with Gasteiger partial charge in [-0.2, -0.15) is 0 Å². The number of ether oxygens (including phenoxy) is 1. The van der Waals surface area contributed by atoms with Gasteiger partial charge in [0, 0.05) is 19.5 Å². The summed E-state index contributed by atoms with van der Waals surface area (Å²) in [5, 5.41) is 10.2. The van der Waals surface area contributed by atoms with Gasteiger partial charge < -0.3 is 9.64 Å². The SMILES string of the molecule is C[C@@H]1CN(c2nnc(Cc3ccccc3F)s2)C[C@H](C)O1. The first-order chi connectivity index (χ1) is 10.1. The number of morpholine rings is 1. The molecule has 0 radical (unpaired) electrons. The van der Waals surface area contributed by atoms with Crippen molar-refractivity contribution in [3.63, 3.8) is 0 Å². The van der Waals surface area contributed by atoms with Gasteiger partial charge in [0.25, 0.3) is 0 Å². The molecule has 1 aliphatic rings. The molecule has 1 saturated heterocycles. The lowest BCUT2D eigenvalue weighted by molar-refractivity contribution is -0.00525. The molecule has 1 aromatic heterocycles. The van der Waals surface area contributed by atoms with Crippen LogP contribution in [0.1, 0.15) is 24.4 Å². The number of rotatable bonds is 3. The van der Waals surface area contributed by atoms with Crippen molar-refractivity contribution in [2.75, 3.05) is 18.0 Å². The van der Waals surface area contributed by atoms with Gasteiger partial charge in [-0.05, 0) is 25.5 Å². The van der Waals surface area contributed by atoms with Crippen molar-refractivity contribution in [2.45, 2.75) is 32.5 Å². The van der Waals surface area contributed by atoms with E-state index in [1.54, 1.807) is 12.1 Å². The first-order valence-electron chi connectivity index (χ1n) is 7.08. The number of nitrogens with zero attached hydrogens (tertiary/aromatic N) is 3. The number of hydrogen-bond donors (Lipinski definition) is 0. The molecule has 2 atom stereocenters. The maximum Gasteiger partial charge on any atom is 0.208 e. The van der Waals surface area contributed by atoms with Crippen molar-refractivity contribution >= 4 is 16.5 Å². The highest BCUT2D eigenvalue weighted by Crippen LogP contribution is 2.25. The van der Waals surface area contributed by atoms with E-state index in [-0.39, 0.29) is 18.0 Å². The van der Waals surface area contributed by atoms with Crippen LogP contribution in [-0.2, 0) is 11.2 Å². The van der Waals surface area contributed by atoms with E-state index in [2.05, 4.69) is 28.9 Å². The molecule has 0 N–H and O–H groups in total. The Morgan fingerprint density at radius 1 is 1.24 bits per heavy atom. The fraction of sp³-hybridized carbons (Fsp3) is 0.467. The topological polar surface area (TPSA) is 38.2 Å². The molecule has 1 fully saturated rings. The van der Waals surface area contributed by atoms with E-state index in [1.807, 2.05) is 6.07 Å². The number of benzene rings is 1. The van der Waals surface area contributed by atoms with Gasteiger partial charge in [0.1, 0.15) is 10.8 Å². The largest absolute Gasteiger partial charge is 0.372 e. The lowest BCUT2D eigenvalue weighted by atomic mass is 10.1. The molecular formula is C15H18FN3OS. The molecule has 2 heterocycles. The molecule has 21 heavy (non-hydrogen) atoms. The van der Waals surface area contributed by atoms with E-state index in [1.165, 1.54) is 17.4 Å². The van der Waals surface area contributed by atoms with Crippen LogP contribution in [0.25, 0.3) is 0 Å². The minimum atomic E-state index is -0.192. The van der Waals surface area contributed by atoms with Crippen LogP contribution in [0.5, 0.6) is 0 Å². The van der Waals surface area contributed by atoms with Crippen LogP contribution >= 0.6 is 11.3 Å². The summed E-state index contributed by atoms with van der Waals surface area (Å²) >= 11 is 1.53. The Kier molecular flexibility index (Phi) is 4.17. The number of anilines is 1. The summed E-state index contributed by atoms with van der Waals surface area (Å²) in [4.78, 5) is 2.20. The van der Waals surface area contributed by atoms with Gasteiger partial charge in [-0.1, -0.05) is 29.5 Å². The van der Waals surface area contributed by atoms with E-state index in [0.717, 1.165) is 23.2 Å². The van der Waals surface area contributed by atoms with E-state index in [0.29, 0.717) is 12.0 Å². The van der Waals surface area contributed by atoms with Crippen LogP contribution in [0.3, 0.4) is 0 Å². The maximum atomic E-state index is 13.7. The zero-order chi connectivity index (χ0) is 14.8. The normalized spacial score (nSPS) is 22.5. The van der Waals surface area contributed by atoms with Gasteiger partial charge in [-0.15, -0.1) is 10.2 Å².